The van der Waals surface area contributed by atoms with Crippen LogP contribution in [0.15, 0.2) is 0 Å². The van der Waals surface area contributed by atoms with Crippen molar-refractivity contribution in [3.63, 3.8) is 0 Å². The third-order valence-electron chi connectivity index (χ3n) is 3.78. The van der Waals surface area contributed by atoms with Crippen LogP contribution < -0.4 is 5.73 Å². The Hall–Kier alpha value is -0.0800. The largest absolute Gasteiger partial charge is 0.329 e. The lowest BCUT2D eigenvalue weighted by Crippen LogP contribution is -2.57. The molecule has 0 heterocycles. The van der Waals surface area contributed by atoms with Crippen molar-refractivity contribution in [2.75, 3.05) is 13.6 Å². The maximum Gasteiger partial charge on any atom is 0.0303 e. The molecule has 0 spiro atoms. The summed E-state index contributed by atoms with van der Waals surface area (Å²) in [6.07, 6.45) is 2.25. The normalized spacial score (nSPS) is 17.5. The van der Waals surface area contributed by atoms with Gasteiger partial charge < -0.3 is 5.73 Å². The molecular weight excluding hydrogens is 160 g/mol. The van der Waals surface area contributed by atoms with E-state index in [1.807, 2.05) is 0 Å². The van der Waals surface area contributed by atoms with Crippen molar-refractivity contribution in [2.24, 2.45) is 5.73 Å². The summed E-state index contributed by atoms with van der Waals surface area (Å²) in [5, 5.41) is 0. The number of nitrogens with zero attached hydrogens (tertiary/aromatic N) is 1. The highest BCUT2D eigenvalue weighted by molar-refractivity contribution is 4.92. The van der Waals surface area contributed by atoms with E-state index < -0.39 is 0 Å². The van der Waals surface area contributed by atoms with Crippen LogP contribution in [0.25, 0.3) is 0 Å². The van der Waals surface area contributed by atoms with Gasteiger partial charge in [0, 0.05) is 17.6 Å². The van der Waals surface area contributed by atoms with Gasteiger partial charge in [-0.05, 0) is 40.7 Å². The van der Waals surface area contributed by atoms with Crippen LogP contribution in [0, 0.1) is 0 Å². The summed E-state index contributed by atoms with van der Waals surface area (Å²) in [5.41, 5.74) is 6.21. The van der Waals surface area contributed by atoms with E-state index in [-0.39, 0.29) is 11.1 Å². The molecule has 0 saturated heterocycles. The first-order valence-corrected chi connectivity index (χ1v) is 5.28. The summed E-state index contributed by atoms with van der Waals surface area (Å²) in [5.74, 6) is 0. The molecule has 0 amide bonds. The smallest absolute Gasteiger partial charge is 0.0303 e. The fourth-order valence-electron chi connectivity index (χ4n) is 1.49. The minimum atomic E-state index is 0.138. The number of rotatable bonds is 5. The first-order valence-electron chi connectivity index (χ1n) is 5.28. The van der Waals surface area contributed by atoms with Gasteiger partial charge in [0.25, 0.3) is 0 Å². The predicted octanol–water partition coefficient (Wildman–Crippen LogP) is 2.23. The monoisotopic (exact) mass is 186 g/mol. The average molecular weight is 186 g/mol. The van der Waals surface area contributed by atoms with Crippen molar-refractivity contribution in [1.82, 2.24) is 4.90 Å². The zero-order chi connectivity index (χ0) is 10.7. The molecule has 0 aliphatic rings. The Labute approximate surface area is 83.5 Å². The van der Waals surface area contributed by atoms with Gasteiger partial charge in [-0.25, -0.2) is 0 Å². The van der Waals surface area contributed by atoms with Gasteiger partial charge in [0.05, 0.1) is 0 Å². The van der Waals surface area contributed by atoms with Crippen molar-refractivity contribution in [3.05, 3.63) is 0 Å². The molecule has 0 bridgehead atoms. The van der Waals surface area contributed by atoms with E-state index in [1.165, 1.54) is 0 Å². The third kappa shape index (κ3) is 2.68. The molecule has 0 aliphatic carbocycles. The van der Waals surface area contributed by atoms with Gasteiger partial charge in [-0.1, -0.05) is 13.8 Å². The Bertz CT molecular complexity index is 148. The number of nitrogens with two attached hydrogens (primary N) is 1. The third-order valence-corrected chi connectivity index (χ3v) is 3.78. The number of hydrogen-bond acceptors (Lipinski definition) is 2. The van der Waals surface area contributed by atoms with Gasteiger partial charge >= 0.3 is 0 Å². The van der Waals surface area contributed by atoms with E-state index >= 15 is 0 Å². The van der Waals surface area contributed by atoms with Crippen molar-refractivity contribution in [3.8, 4) is 0 Å². The van der Waals surface area contributed by atoms with Gasteiger partial charge in [-0.3, -0.25) is 4.90 Å². The lowest BCUT2D eigenvalue weighted by molar-refractivity contribution is 0.0329. The van der Waals surface area contributed by atoms with E-state index in [2.05, 4.69) is 46.6 Å². The molecule has 0 saturated carbocycles. The van der Waals surface area contributed by atoms with Crippen molar-refractivity contribution in [2.45, 2.75) is 58.5 Å². The van der Waals surface area contributed by atoms with Gasteiger partial charge in [0.15, 0.2) is 0 Å². The van der Waals surface area contributed by atoms with Crippen molar-refractivity contribution >= 4 is 0 Å². The SMILES string of the molecule is CCC(C)(C)N(C)C(C)(CC)CN. The molecule has 0 fully saturated rings. The molecule has 80 valence electrons. The molecule has 0 radical (unpaired) electrons. The molecule has 0 aliphatic heterocycles. The predicted molar refractivity (Wildman–Crippen MR) is 59.9 cm³/mol. The Kier molecular flexibility index (Phi) is 4.40. The summed E-state index contributed by atoms with van der Waals surface area (Å²) in [4.78, 5) is 2.42. The minimum Gasteiger partial charge on any atom is -0.329 e. The summed E-state index contributed by atoms with van der Waals surface area (Å²) >= 11 is 0. The molecule has 2 heteroatoms. The van der Waals surface area contributed by atoms with Gasteiger partial charge in [0.1, 0.15) is 0 Å². The molecule has 0 aromatic rings. The summed E-state index contributed by atoms with van der Waals surface area (Å²) in [6.45, 7) is 11.9. The second-order valence-corrected chi connectivity index (χ2v) is 4.78. The number of hydrogen-bond donors (Lipinski definition) is 1. The van der Waals surface area contributed by atoms with Gasteiger partial charge in [-0.15, -0.1) is 0 Å². The lowest BCUT2D eigenvalue weighted by atomic mass is 9.89. The maximum atomic E-state index is 5.83. The minimum absolute atomic E-state index is 0.138. The van der Waals surface area contributed by atoms with Crippen LogP contribution >= 0.6 is 0 Å². The summed E-state index contributed by atoms with van der Waals surface area (Å²) < 4.78 is 0. The van der Waals surface area contributed by atoms with Crippen LogP contribution in [0.2, 0.25) is 0 Å². The standard InChI is InChI=1S/C11H26N2/c1-7-10(3,4)13(6)11(5,8-2)9-12/h7-9,12H2,1-6H3. The van der Waals surface area contributed by atoms with Crippen molar-refractivity contribution < 1.29 is 0 Å². The van der Waals surface area contributed by atoms with E-state index in [0.29, 0.717) is 0 Å². The van der Waals surface area contributed by atoms with Crippen LogP contribution in [-0.4, -0.2) is 29.6 Å². The summed E-state index contributed by atoms with van der Waals surface area (Å²) in [6, 6.07) is 0. The van der Waals surface area contributed by atoms with Crippen LogP contribution in [0.1, 0.15) is 47.5 Å². The lowest BCUT2D eigenvalue weighted by Gasteiger charge is -2.47. The molecule has 2 nitrogen and oxygen atoms in total. The first-order chi connectivity index (χ1) is 5.84. The maximum absolute atomic E-state index is 5.83. The fraction of sp³-hybridized carbons (Fsp3) is 1.00. The average Bonchev–Trinajstić information content (AvgIpc) is 2.15. The zero-order valence-electron chi connectivity index (χ0n) is 10.1. The first kappa shape index (κ1) is 12.9. The molecular formula is C11H26N2. The van der Waals surface area contributed by atoms with Gasteiger partial charge in [-0.2, -0.15) is 0 Å². The van der Waals surface area contributed by atoms with Crippen LogP contribution in [0.4, 0.5) is 0 Å². The molecule has 0 aromatic carbocycles. The van der Waals surface area contributed by atoms with Crippen LogP contribution in [0.5, 0.6) is 0 Å². The highest BCUT2D eigenvalue weighted by Gasteiger charge is 2.34. The molecule has 13 heavy (non-hydrogen) atoms. The molecule has 1 atom stereocenters. The Morgan fingerprint density at radius 3 is 1.77 bits per heavy atom. The Balaban J connectivity index is 4.64. The van der Waals surface area contributed by atoms with Gasteiger partial charge in [0.2, 0.25) is 0 Å². The Morgan fingerprint density at radius 2 is 1.54 bits per heavy atom. The second kappa shape index (κ2) is 4.43. The Morgan fingerprint density at radius 1 is 1.08 bits per heavy atom. The second-order valence-electron chi connectivity index (χ2n) is 4.78. The highest BCUT2D eigenvalue weighted by atomic mass is 15.2. The molecule has 1 unspecified atom stereocenters. The van der Waals surface area contributed by atoms with Crippen LogP contribution in [0.3, 0.4) is 0 Å². The van der Waals surface area contributed by atoms with E-state index in [0.717, 1.165) is 19.4 Å². The highest BCUT2D eigenvalue weighted by Crippen LogP contribution is 2.27. The van der Waals surface area contributed by atoms with E-state index in [9.17, 15) is 0 Å². The topological polar surface area (TPSA) is 29.3 Å². The van der Waals surface area contributed by atoms with Crippen LogP contribution in [-0.2, 0) is 0 Å². The van der Waals surface area contributed by atoms with E-state index in [4.69, 9.17) is 5.73 Å². The zero-order valence-corrected chi connectivity index (χ0v) is 10.1. The molecule has 0 rings (SSSR count). The fourth-order valence-corrected chi connectivity index (χ4v) is 1.49. The quantitative estimate of drug-likeness (QED) is 0.713. The number of likely N-dealkylation sites (N-methyl/N-ethyl adjacent to an activating group) is 1. The molecule has 0 aromatic heterocycles. The van der Waals surface area contributed by atoms with E-state index in [1.54, 1.807) is 0 Å². The summed E-state index contributed by atoms with van der Waals surface area (Å²) in [7, 11) is 2.18. The molecule has 2 N–H and O–H groups in total. The van der Waals surface area contributed by atoms with Crippen molar-refractivity contribution in [1.29, 1.82) is 0 Å².